The second-order valence-electron chi connectivity index (χ2n) is 11.4. The van der Waals surface area contributed by atoms with Crippen molar-refractivity contribution in [2.45, 2.75) is 18.8 Å². The normalized spacial score (nSPS) is 13.7. The number of fused-ring (bicyclic) bond motifs is 5. The average Bonchev–Trinajstić information content (AvgIpc) is 3.60. The summed E-state index contributed by atoms with van der Waals surface area (Å²) in [6.07, 6.45) is 0.839. The molecule has 0 atom stereocenters. The molecule has 9 rings (SSSR count). The molecule has 204 valence electrons. The largest absolute Gasteiger partial charge is 0.453 e. The molecule has 3 heteroatoms. The van der Waals surface area contributed by atoms with Crippen LogP contribution in [0.15, 0.2) is 140 Å². The van der Waals surface area contributed by atoms with Gasteiger partial charge in [0.25, 0.3) is 0 Å². The Morgan fingerprint density at radius 1 is 0.605 bits per heavy atom. The van der Waals surface area contributed by atoms with E-state index in [1.54, 1.807) is 0 Å². The van der Waals surface area contributed by atoms with Gasteiger partial charge in [0.1, 0.15) is 11.3 Å². The highest BCUT2D eigenvalue weighted by molar-refractivity contribution is 5.90. The molecular weight excluding hydrogens is 524 g/mol. The molecule has 0 saturated heterocycles. The van der Waals surface area contributed by atoms with Crippen molar-refractivity contribution < 1.29 is 4.74 Å². The Labute approximate surface area is 250 Å². The van der Waals surface area contributed by atoms with Gasteiger partial charge in [-0.25, -0.2) is 4.98 Å². The van der Waals surface area contributed by atoms with Crippen molar-refractivity contribution in [3.05, 3.63) is 168 Å². The molecule has 1 aliphatic carbocycles. The van der Waals surface area contributed by atoms with Gasteiger partial charge in [0, 0.05) is 6.42 Å². The molecule has 6 aromatic carbocycles. The van der Waals surface area contributed by atoms with Crippen LogP contribution >= 0.6 is 0 Å². The zero-order chi connectivity index (χ0) is 28.5. The topological polar surface area (TPSA) is 27.1 Å². The molecule has 2 aliphatic rings. The van der Waals surface area contributed by atoms with Gasteiger partial charge in [0.15, 0.2) is 11.5 Å². The average molecular weight is 553 g/mol. The lowest BCUT2D eigenvalue weighted by atomic mass is 9.67. The van der Waals surface area contributed by atoms with Crippen molar-refractivity contribution >= 4 is 11.0 Å². The van der Waals surface area contributed by atoms with Crippen LogP contribution < -0.4 is 4.74 Å². The minimum absolute atomic E-state index is 0.424. The maximum absolute atomic E-state index is 6.40. The molecule has 1 aromatic heterocycles. The SMILES string of the molecule is CCc1nc2cccc3c2n1-c1cc(-c2ccc4c(c2)C(c2ccccc2)(c2ccccc2)c2ccccc2-4)ccc1O3. The molecule has 1 aliphatic heterocycles. The van der Waals surface area contributed by atoms with Crippen molar-refractivity contribution in [1.29, 1.82) is 0 Å². The van der Waals surface area contributed by atoms with Crippen LogP contribution in [-0.4, -0.2) is 9.55 Å². The first-order valence-electron chi connectivity index (χ1n) is 15.0. The molecule has 0 N–H and O–H groups in total. The van der Waals surface area contributed by atoms with E-state index in [2.05, 4.69) is 139 Å². The molecule has 0 bridgehead atoms. The number of ether oxygens (including phenoxy) is 1. The van der Waals surface area contributed by atoms with Crippen LogP contribution in [0.3, 0.4) is 0 Å². The molecule has 0 radical (unpaired) electrons. The number of hydrogen-bond donors (Lipinski definition) is 0. The van der Waals surface area contributed by atoms with Gasteiger partial charge in [-0.3, -0.25) is 4.57 Å². The highest BCUT2D eigenvalue weighted by Crippen LogP contribution is 2.56. The lowest BCUT2D eigenvalue weighted by Crippen LogP contribution is -2.28. The van der Waals surface area contributed by atoms with Gasteiger partial charge in [-0.2, -0.15) is 0 Å². The second kappa shape index (κ2) is 9.04. The third-order valence-electron chi connectivity index (χ3n) is 9.24. The van der Waals surface area contributed by atoms with Crippen molar-refractivity contribution in [2.75, 3.05) is 0 Å². The first-order chi connectivity index (χ1) is 21.3. The molecule has 7 aromatic rings. The van der Waals surface area contributed by atoms with Gasteiger partial charge in [0.05, 0.1) is 16.6 Å². The van der Waals surface area contributed by atoms with Gasteiger partial charge in [0.2, 0.25) is 0 Å². The predicted octanol–water partition coefficient (Wildman–Crippen LogP) is 9.72. The van der Waals surface area contributed by atoms with E-state index in [1.807, 2.05) is 12.1 Å². The van der Waals surface area contributed by atoms with Crippen LogP contribution in [0.4, 0.5) is 0 Å². The van der Waals surface area contributed by atoms with Gasteiger partial charge >= 0.3 is 0 Å². The Kier molecular flexibility index (Phi) is 5.09. The van der Waals surface area contributed by atoms with E-state index < -0.39 is 5.41 Å². The molecule has 0 fully saturated rings. The number of hydrogen-bond acceptors (Lipinski definition) is 2. The minimum atomic E-state index is -0.424. The van der Waals surface area contributed by atoms with Crippen LogP contribution in [0.2, 0.25) is 0 Å². The van der Waals surface area contributed by atoms with Crippen molar-refractivity contribution in [1.82, 2.24) is 9.55 Å². The molecule has 3 nitrogen and oxygen atoms in total. The fourth-order valence-electron chi connectivity index (χ4n) is 7.42. The van der Waals surface area contributed by atoms with Crippen LogP contribution in [-0.2, 0) is 11.8 Å². The predicted molar refractivity (Wildman–Crippen MR) is 173 cm³/mol. The summed E-state index contributed by atoms with van der Waals surface area (Å²) in [7, 11) is 0. The highest BCUT2D eigenvalue weighted by Gasteiger charge is 2.46. The van der Waals surface area contributed by atoms with Crippen molar-refractivity contribution in [3.8, 4) is 39.4 Å². The van der Waals surface area contributed by atoms with Crippen LogP contribution in [0, 0.1) is 0 Å². The summed E-state index contributed by atoms with van der Waals surface area (Å²) in [5, 5.41) is 0. The number of aryl methyl sites for hydroxylation is 1. The van der Waals surface area contributed by atoms with Crippen LogP contribution in [0.5, 0.6) is 11.5 Å². The van der Waals surface area contributed by atoms with E-state index in [0.717, 1.165) is 46.0 Å². The summed E-state index contributed by atoms with van der Waals surface area (Å²) in [5.74, 6) is 2.75. The van der Waals surface area contributed by atoms with Crippen LogP contribution in [0.25, 0.3) is 39.0 Å². The zero-order valence-electron chi connectivity index (χ0n) is 23.8. The molecule has 2 heterocycles. The number of benzene rings is 6. The van der Waals surface area contributed by atoms with E-state index in [1.165, 1.54) is 38.9 Å². The molecule has 0 amide bonds. The fourth-order valence-corrected chi connectivity index (χ4v) is 7.42. The highest BCUT2D eigenvalue weighted by atomic mass is 16.5. The second-order valence-corrected chi connectivity index (χ2v) is 11.4. The van der Waals surface area contributed by atoms with Gasteiger partial charge in [-0.1, -0.05) is 116 Å². The third-order valence-corrected chi connectivity index (χ3v) is 9.24. The first kappa shape index (κ1) is 24.2. The quantitative estimate of drug-likeness (QED) is 0.217. The molecule has 0 spiro atoms. The number of aromatic nitrogens is 2. The Balaban J connectivity index is 1.29. The van der Waals surface area contributed by atoms with E-state index >= 15 is 0 Å². The number of para-hydroxylation sites is 1. The van der Waals surface area contributed by atoms with Gasteiger partial charge in [-0.05, 0) is 74.8 Å². The monoisotopic (exact) mass is 552 g/mol. The van der Waals surface area contributed by atoms with Crippen molar-refractivity contribution in [3.63, 3.8) is 0 Å². The van der Waals surface area contributed by atoms with E-state index in [9.17, 15) is 0 Å². The Morgan fingerprint density at radius 3 is 2.05 bits per heavy atom. The molecule has 0 unspecified atom stereocenters. The Hall–Kier alpha value is -5.41. The molecule has 43 heavy (non-hydrogen) atoms. The summed E-state index contributed by atoms with van der Waals surface area (Å²) < 4.78 is 8.69. The molecule has 0 saturated carbocycles. The van der Waals surface area contributed by atoms with Gasteiger partial charge < -0.3 is 4.74 Å². The number of imidazole rings is 1. The smallest absolute Gasteiger partial charge is 0.153 e. The van der Waals surface area contributed by atoms with Crippen molar-refractivity contribution in [2.24, 2.45) is 0 Å². The van der Waals surface area contributed by atoms with Gasteiger partial charge in [-0.15, -0.1) is 0 Å². The summed E-state index contributed by atoms with van der Waals surface area (Å²) in [4.78, 5) is 4.94. The Bertz CT molecular complexity index is 2150. The van der Waals surface area contributed by atoms with E-state index in [-0.39, 0.29) is 0 Å². The summed E-state index contributed by atoms with van der Waals surface area (Å²) in [5.41, 5.74) is 12.7. The first-order valence-corrected chi connectivity index (χ1v) is 15.0. The maximum Gasteiger partial charge on any atom is 0.153 e. The van der Waals surface area contributed by atoms with E-state index in [4.69, 9.17) is 9.72 Å². The summed E-state index contributed by atoms with van der Waals surface area (Å²) >= 11 is 0. The lowest BCUT2D eigenvalue weighted by molar-refractivity contribution is 0.474. The standard InChI is InChI=1S/C40H28N2O/c1-2-38-41-34-18-11-19-37-39(34)42(38)35-25-27(21-23-36(35)43-37)26-20-22-31-30-16-9-10-17-32(30)40(33(31)24-26,28-12-5-3-6-13-28)29-14-7-4-8-15-29/h3-25H,2H2,1H3. The summed E-state index contributed by atoms with van der Waals surface area (Å²) in [6, 6.07) is 50.5. The fraction of sp³-hybridized carbons (Fsp3) is 0.0750. The minimum Gasteiger partial charge on any atom is -0.453 e. The molecular formula is C40H28N2O. The number of nitrogens with zero attached hydrogens (tertiary/aromatic N) is 2. The third kappa shape index (κ3) is 3.28. The lowest BCUT2D eigenvalue weighted by Gasteiger charge is -2.34. The van der Waals surface area contributed by atoms with Crippen LogP contribution in [0.1, 0.15) is 35.0 Å². The number of rotatable bonds is 4. The van der Waals surface area contributed by atoms with E-state index in [0.29, 0.717) is 0 Å². The zero-order valence-corrected chi connectivity index (χ0v) is 23.8. The Morgan fingerprint density at radius 2 is 1.28 bits per heavy atom. The maximum atomic E-state index is 6.40. The summed E-state index contributed by atoms with van der Waals surface area (Å²) in [6.45, 7) is 2.16.